The topological polar surface area (TPSA) is 39.1 Å². The molecule has 2 unspecified atom stereocenters. The number of aromatic nitrogens is 2. The zero-order valence-electron chi connectivity index (χ0n) is 10.7. The Balaban J connectivity index is 2.66. The summed E-state index contributed by atoms with van der Waals surface area (Å²) in [7, 11) is 3.70. The summed E-state index contributed by atoms with van der Waals surface area (Å²) in [4.78, 5) is 0. The Kier molecular flexibility index (Phi) is 5.49. The van der Waals surface area contributed by atoms with E-state index in [0.717, 1.165) is 19.6 Å². The van der Waals surface area contributed by atoms with Crippen molar-refractivity contribution < 1.29 is 4.74 Å². The van der Waals surface area contributed by atoms with Gasteiger partial charge in [-0.1, -0.05) is 13.8 Å². The average Bonchev–Trinajstić information content (AvgIpc) is 2.69. The van der Waals surface area contributed by atoms with E-state index in [2.05, 4.69) is 30.5 Å². The number of rotatable bonds is 7. The van der Waals surface area contributed by atoms with E-state index in [0.29, 0.717) is 12.0 Å². The van der Waals surface area contributed by atoms with Gasteiger partial charge in [0.05, 0.1) is 6.20 Å². The molecule has 0 fully saturated rings. The predicted molar refractivity (Wildman–Crippen MR) is 65.3 cm³/mol. The molecule has 0 saturated heterocycles. The van der Waals surface area contributed by atoms with Crippen molar-refractivity contribution in [3.05, 3.63) is 18.0 Å². The molecule has 1 aromatic heterocycles. The molecular formula is C12H23N3O. The van der Waals surface area contributed by atoms with Crippen LogP contribution in [-0.2, 0) is 11.8 Å². The molecule has 1 heterocycles. The van der Waals surface area contributed by atoms with E-state index in [1.165, 1.54) is 5.56 Å². The van der Waals surface area contributed by atoms with Crippen LogP contribution in [0.4, 0.5) is 0 Å². The SMILES string of the molecule is CCNC(c1cnn(C)c1)C(C)CCOC. The summed E-state index contributed by atoms with van der Waals surface area (Å²) in [6.07, 6.45) is 5.08. The molecule has 4 nitrogen and oxygen atoms in total. The van der Waals surface area contributed by atoms with Gasteiger partial charge in [-0.15, -0.1) is 0 Å². The van der Waals surface area contributed by atoms with Crippen LogP contribution in [0.5, 0.6) is 0 Å². The fourth-order valence-electron chi connectivity index (χ4n) is 1.94. The second-order valence-corrected chi connectivity index (χ2v) is 4.24. The predicted octanol–water partition coefficient (Wildman–Crippen LogP) is 1.74. The van der Waals surface area contributed by atoms with Crippen LogP contribution in [0.2, 0.25) is 0 Å². The Labute approximate surface area is 98.0 Å². The third-order valence-corrected chi connectivity index (χ3v) is 2.85. The number of aryl methyl sites for hydroxylation is 1. The molecule has 1 aromatic rings. The summed E-state index contributed by atoms with van der Waals surface area (Å²) >= 11 is 0. The second kappa shape index (κ2) is 6.66. The highest BCUT2D eigenvalue weighted by Crippen LogP contribution is 2.23. The van der Waals surface area contributed by atoms with Gasteiger partial charge in [-0.2, -0.15) is 5.10 Å². The number of hydrogen-bond acceptors (Lipinski definition) is 3. The fourth-order valence-corrected chi connectivity index (χ4v) is 1.94. The highest BCUT2D eigenvalue weighted by molar-refractivity contribution is 5.11. The van der Waals surface area contributed by atoms with Gasteiger partial charge in [-0.3, -0.25) is 4.68 Å². The molecule has 0 aromatic carbocycles. The van der Waals surface area contributed by atoms with Crippen molar-refractivity contribution in [2.45, 2.75) is 26.3 Å². The van der Waals surface area contributed by atoms with Gasteiger partial charge in [0.1, 0.15) is 0 Å². The minimum Gasteiger partial charge on any atom is -0.385 e. The Hall–Kier alpha value is -0.870. The maximum atomic E-state index is 5.13. The summed E-state index contributed by atoms with van der Waals surface area (Å²) in [5.74, 6) is 0.545. The van der Waals surface area contributed by atoms with E-state index in [9.17, 15) is 0 Å². The normalized spacial score (nSPS) is 15.0. The molecule has 0 aliphatic rings. The Morgan fingerprint density at radius 1 is 1.56 bits per heavy atom. The van der Waals surface area contributed by atoms with Gasteiger partial charge in [0.25, 0.3) is 0 Å². The molecule has 0 aliphatic carbocycles. The van der Waals surface area contributed by atoms with Crippen LogP contribution in [0.15, 0.2) is 12.4 Å². The zero-order chi connectivity index (χ0) is 12.0. The van der Waals surface area contributed by atoms with Crippen molar-refractivity contribution in [1.29, 1.82) is 0 Å². The van der Waals surface area contributed by atoms with Gasteiger partial charge >= 0.3 is 0 Å². The third kappa shape index (κ3) is 3.61. The van der Waals surface area contributed by atoms with Crippen molar-refractivity contribution >= 4 is 0 Å². The maximum absolute atomic E-state index is 5.13. The van der Waals surface area contributed by atoms with Crippen LogP contribution < -0.4 is 5.32 Å². The standard InChI is InChI=1S/C12H23N3O/c1-5-13-12(10(2)6-7-16-4)11-8-14-15(3)9-11/h8-10,12-13H,5-7H2,1-4H3. The van der Waals surface area contributed by atoms with E-state index < -0.39 is 0 Å². The Bertz CT molecular complexity index is 298. The van der Waals surface area contributed by atoms with Gasteiger partial charge in [0, 0.05) is 38.6 Å². The van der Waals surface area contributed by atoms with Crippen molar-refractivity contribution in [3.63, 3.8) is 0 Å². The highest BCUT2D eigenvalue weighted by atomic mass is 16.5. The average molecular weight is 225 g/mol. The first kappa shape index (κ1) is 13.2. The number of ether oxygens (including phenoxy) is 1. The molecule has 92 valence electrons. The monoisotopic (exact) mass is 225 g/mol. The van der Waals surface area contributed by atoms with Crippen molar-refractivity contribution in [2.75, 3.05) is 20.3 Å². The minimum atomic E-state index is 0.369. The van der Waals surface area contributed by atoms with Crippen molar-refractivity contribution in [1.82, 2.24) is 15.1 Å². The molecule has 0 saturated carbocycles. The van der Waals surface area contributed by atoms with E-state index in [4.69, 9.17) is 4.74 Å². The molecule has 1 rings (SSSR count). The molecule has 16 heavy (non-hydrogen) atoms. The first-order chi connectivity index (χ1) is 7.69. The van der Waals surface area contributed by atoms with Crippen LogP contribution in [0.25, 0.3) is 0 Å². The number of hydrogen-bond donors (Lipinski definition) is 1. The molecule has 0 radical (unpaired) electrons. The smallest absolute Gasteiger partial charge is 0.0537 e. The lowest BCUT2D eigenvalue weighted by atomic mass is 9.94. The first-order valence-corrected chi connectivity index (χ1v) is 5.89. The largest absolute Gasteiger partial charge is 0.385 e. The Morgan fingerprint density at radius 3 is 2.81 bits per heavy atom. The van der Waals surface area contributed by atoms with E-state index in [-0.39, 0.29) is 0 Å². The van der Waals surface area contributed by atoms with Gasteiger partial charge in [-0.25, -0.2) is 0 Å². The van der Waals surface area contributed by atoms with Gasteiger partial charge in [0.15, 0.2) is 0 Å². The maximum Gasteiger partial charge on any atom is 0.0537 e. The quantitative estimate of drug-likeness (QED) is 0.768. The number of nitrogens with one attached hydrogen (secondary N) is 1. The summed E-state index contributed by atoms with van der Waals surface area (Å²) in [5.41, 5.74) is 1.26. The lowest BCUT2D eigenvalue weighted by Gasteiger charge is -2.23. The van der Waals surface area contributed by atoms with Crippen molar-refractivity contribution in [3.8, 4) is 0 Å². The lowest BCUT2D eigenvalue weighted by molar-refractivity contribution is 0.170. The third-order valence-electron chi connectivity index (χ3n) is 2.85. The van der Waals surface area contributed by atoms with Crippen LogP contribution in [0.1, 0.15) is 31.9 Å². The molecule has 2 atom stereocenters. The number of nitrogens with zero attached hydrogens (tertiary/aromatic N) is 2. The van der Waals surface area contributed by atoms with Crippen LogP contribution in [0.3, 0.4) is 0 Å². The summed E-state index contributed by atoms with van der Waals surface area (Å²) in [6.45, 7) is 6.16. The Morgan fingerprint density at radius 2 is 2.31 bits per heavy atom. The van der Waals surface area contributed by atoms with Gasteiger partial charge in [-0.05, 0) is 18.9 Å². The molecular weight excluding hydrogens is 202 g/mol. The molecule has 4 heteroatoms. The van der Waals surface area contributed by atoms with Crippen LogP contribution in [-0.4, -0.2) is 30.0 Å². The second-order valence-electron chi connectivity index (χ2n) is 4.24. The molecule has 0 amide bonds. The highest BCUT2D eigenvalue weighted by Gasteiger charge is 2.19. The fraction of sp³-hybridized carbons (Fsp3) is 0.750. The molecule has 0 bridgehead atoms. The summed E-state index contributed by atoms with van der Waals surface area (Å²) < 4.78 is 6.98. The van der Waals surface area contributed by atoms with Gasteiger partial charge in [0.2, 0.25) is 0 Å². The zero-order valence-corrected chi connectivity index (χ0v) is 10.7. The van der Waals surface area contributed by atoms with Gasteiger partial charge < -0.3 is 10.1 Å². The summed E-state index contributed by atoms with van der Waals surface area (Å²) in [6, 6.07) is 0.369. The van der Waals surface area contributed by atoms with E-state index >= 15 is 0 Å². The molecule has 0 aliphatic heterocycles. The number of methoxy groups -OCH3 is 1. The molecule has 1 N–H and O–H groups in total. The molecule has 0 spiro atoms. The van der Waals surface area contributed by atoms with Crippen LogP contribution in [0, 0.1) is 5.92 Å². The summed E-state index contributed by atoms with van der Waals surface area (Å²) in [5, 5.41) is 7.74. The van der Waals surface area contributed by atoms with Crippen molar-refractivity contribution in [2.24, 2.45) is 13.0 Å². The first-order valence-electron chi connectivity index (χ1n) is 5.89. The minimum absolute atomic E-state index is 0.369. The van der Waals surface area contributed by atoms with E-state index in [1.54, 1.807) is 7.11 Å². The van der Waals surface area contributed by atoms with Crippen LogP contribution >= 0.6 is 0 Å². The lowest BCUT2D eigenvalue weighted by Crippen LogP contribution is -2.27. The van der Waals surface area contributed by atoms with E-state index in [1.807, 2.05) is 17.9 Å².